The molecule has 0 spiro atoms. The number of aryl methyl sites for hydroxylation is 1. The monoisotopic (exact) mass is 444 g/mol. The Morgan fingerprint density at radius 2 is 2.07 bits per heavy atom. The van der Waals surface area contributed by atoms with Crippen molar-refractivity contribution in [3.63, 3.8) is 0 Å². The molecular formula is C21H24N4O3S2. The minimum Gasteiger partial charge on any atom is -0.497 e. The van der Waals surface area contributed by atoms with Crippen molar-refractivity contribution in [3.8, 4) is 17.0 Å². The summed E-state index contributed by atoms with van der Waals surface area (Å²) < 4.78 is 12.0. The molecule has 7 nitrogen and oxygen atoms in total. The van der Waals surface area contributed by atoms with Crippen LogP contribution in [0.25, 0.3) is 21.5 Å². The van der Waals surface area contributed by atoms with E-state index in [9.17, 15) is 4.79 Å². The van der Waals surface area contributed by atoms with Gasteiger partial charge in [0.1, 0.15) is 22.0 Å². The molecule has 0 radical (unpaired) electrons. The molecule has 2 unspecified atom stereocenters. The molecule has 1 saturated heterocycles. The van der Waals surface area contributed by atoms with Crippen molar-refractivity contribution in [3.05, 3.63) is 29.3 Å². The molecule has 3 aromatic rings. The molecule has 2 atom stereocenters. The van der Waals surface area contributed by atoms with Crippen LogP contribution in [0.15, 0.2) is 29.3 Å². The van der Waals surface area contributed by atoms with Crippen LogP contribution in [-0.2, 0) is 9.53 Å². The van der Waals surface area contributed by atoms with Crippen molar-refractivity contribution in [1.82, 2.24) is 20.1 Å². The molecule has 3 heterocycles. The second kappa shape index (κ2) is 8.87. The highest BCUT2D eigenvalue weighted by atomic mass is 32.2. The average Bonchev–Trinajstić information content (AvgIpc) is 3.12. The summed E-state index contributed by atoms with van der Waals surface area (Å²) in [5.74, 6) is 1.15. The summed E-state index contributed by atoms with van der Waals surface area (Å²) in [5.41, 5.74) is 2.51. The van der Waals surface area contributed by atoms with E-state index in [0.717, 1.165) is 32.2 Å². The SMILES string of the molecule is COc1cccc(-c2nnc(SCC(=O)N3CC(C)OC(C)C3)c3nc(C)sc23)c1. The van der Waals surface area contributed by atoms with Gasteiger partial charge in [-0.1, -0.05) is 23.9 Å². The summed E-state index contributed by atoms with van der Waals surface area (Å²) in [6.07, 6.45) is 0.107. The second-order valence-corrected chi connectivity index (χ2v) is 9.51. The Labute approximate surface area is 183 Å². The maximum absolute atomic E-state index is 12.7. The lowest BCUT2D eigenvalue weighted by Crippen LogP contribution is -2.48. The summed E-state index contributed by atoms with van der Waals surface area (Å²) in [5, 5.41) is 10.5. The first-order chi connectivity index (χ1) is 14.4. The van der Waals surface area contributed by atoms with Crippen LogP contribution in [-0.4, -0.2) is 64.1 Å². The number of thioether (sulfide) groups is 1. The number of hydrogen-bond donors (Lipinski definition) is 0. The van der Waals surface area contributed by atoms with Crippen molar-refractivity contribution in [1.29, 1.82) is 0 Å². The van der Waals surface area contributed by atoms with Gasteiger partial charge in [0.2, 0.25) is 5.91 Å². The van der Waals surface area contributed by atoms with Gasteiger partial charge in [-0.25, -0.2) is 4.98 Å². The van der Waals surface area contributed by atoms with Crippen LogP contribution in [0, 0.1) is 6.92 Å². The number of methoxy groups -OCH3 is 1. The minimum atomic E-state index is 0.0533. The number of rotatable bonds is 5. The molecule has 1 fully saturated rings. The second-order valence-electron chi connectivity index (χ2n) is 7.34. The maximum atomic E-state index is 12.7. The molecule has 0 bridgehead atoms. The molecule has 2 aromatic heterocycles. The van der Waals surface area contributed by atoms with E-state index in [2.05, 4.69) is 15.2 Å². The quantitative estimate of drug-likeness (QED) is 0.554. The number of hydrogen-bond acceptors (Lipinski definition) is 8. The van der Waals surface area contributed by atoms with Gasteiger partial charge in [0.05, 0.1) is 34.8 Å². The summed E-state index contributed by atoms with van der Waals surface area (Å²) in [4.78, 5) is 19.3. The molecule has 0 aliphatic carbocycles. The lowest BCUT2D eigenvalue weighted by molar-refractivity contribution is -0.140. The molecule has 0 N–H and O–H groups in total. The first-order valence-corrected chi connectivity index (χ1v) is 11.6. The zero-order valence-corrected chi connectivity index (χ0v) is 19.0. The highest BCUT2D eigenvalue weighted by Gasteiger charge is 2.26. The van der Waals surface area contributed by atoms with Crippen LogP contribution in [0.5, 0.6) is 5.75 Å². The van der Waals surface area contributed by atoms with E-state index < -0.39 is 0 Å². The summed E-state index contributed by atoms with van der Waals surface area (Å²) >= 11 is 2.98. The van der Waals surface area contributed by atoms with Gasteiger partial charge in [-0.3, -0.25) is 4.79 Å². The zero-order chi connectivity index (χ0) is 21.3. The summed E-state index contributed by atoms with van der Waals surface area (Å²) in [6, 6.07) is 7.75. The molecule has 4 rings (SSSR count). The molecule has 158 valence electrons. The number of ether oxygens (including phenoxy) is 2. The van der Waals surface area contributed by atoms with Crippen molar-refractivity contribution in [2.75, 3.05) is 26.0 Å². The van der Waals surface area contributed by atoms with Gasteiger partial charge >= 0.3 is 0 Å². The Bertz CT molecular complexity index is 1060. The number of carbonyl (C=O) groups is 1. The third-order valence-corrected chi connectivity index (χ3v) is 6.76. The first-order valence-electron chi connectivity index (χ1n) is 9.79. The first kappa shape index (κ1) is 21.0. The molecule has 1 aliphatic rings. The van der Waals surface area contributed by atoms with Gasteiger partial charge in [-0.05, 0) is 32.9 Å². The Balaban J connectivity index is 1.58. The van der Waals surface area contributed by atoms with E-state index in [-0.39, 0.29) is 18.1 Å². The number of fused-ring (bicyclic) bond motifs is 1. The lowest BCUT2D eigenvalue weighted by atomic mass is 10.1. The van der Waals surface area contributed by atoms with E-state index in [0.29, 0.717) is 23.9 Å². The van der Waals surface area contributed by atoms with Gasteiger partial charge in [0.25, 0.3) is 0 Å². The number of aromatic nitrogens is 3. The number of thiazole rings is 1. The zero-order valence-electron chi connectivity index (χ0n) is 17.4. The highest BCUT2D eigenvalue weighted by molar-refractivity contribution is 8.00. The average molecular weight is 445 g/mol. The number of nitrogens with zero attached hydrogens (tertiary/aromatic N) is 4. The van der Waals surface area contributed by atoms with E-state index in [1.807, 2.05) is 49.9 Å². The van der Waals surface area contributed by atoms with Gasteiger partial charge in [-0.15, -0.1) is 21.5 Å². The third kappa shape index (κ3) is 4.43. The van der Waals surface area contributed by atoms with Crippen molar-refractivity contribution in [2.45, 2.75) is 38.0 Å². The van der Waals surface area contributed by atoms with Crippen LogP contribution in [0.4, 0.5) is 0 Å². The molecule has 0 saturated carbocycles. The summed E-state index contributed by atoms with van der Waals surface area (Å²) in [6.45, 7) is 7.20. The molecule has 1 aromatic carbocycles. The number of carbonyl (C=O) groups excluding carboxylic acids is 1. The van der Waals surface area contributed by atoms with Crippen LogP contribution >= 0.6 is 23.1 Å². The van der Waals surface area contributed by atoms with E-state index in [1.165, 1.54) is 11.8 Å². The fraction of sp³-hybridized carbons (Fsp3) is 0.429. The van der Waals surface area contributed by atoms with Crippen LogP contribution in [0.2, 0.25) is 0 Å². The van der Waals surface area contributed by atoms with Gasteiger partial charge in [-0.2, -0.15) is 0 Å². The normalized spacial score (nSPS) is 19.3. The highest BCUT2D eigenvalue weighted by Crippen LogP contribution is 2.36. The Hall–Kier alpha value is -2.23. The standard InChI is InChI=1S/C21H24N4O3S2/c1-12-9-25(10-13(2)28-12)17(26)11-29-21-19-20(30-14(3)22-19)18(23-24-21)15-6-5-7-16(8-15)27-4/h5-8,12-13H,9-11H2,1-4H3. The molecule has 9 heteroatoms. The van der Waals surface area contributed by atoms with E-state index in [1.54, 1.807) is 18.4 Å². The van der Waals surface area contributed by atoms with Crippen molar-refractivity contribution < 1.29 is 14.3 Å². The number of benzene rings is 1. The third-order valence-electron chi connectivity index (χ3n) is 4.84. The lowest BCUT2D eigenvalue weighted by Gasteiger charge is -2.35. The number of amides is 1. The van der Waals surface area contributed by atoms with Crippen LogP contribution < -0.4 is 4.74 Å². The Morgan fingerprint density at radius 3 is 2.80 bits per heavy atom. The van der Waals surface area contributed by atoms with Gasteiger partial charge in [0, 0.05) is 18.7 Å². The van der Waals surface area contributed by atoms with E-state index in [4.69, 9.17) is 9.47 Å². The molecular weight excluding hydrogens is 420 g/mol. The fourth-order valence-electron chi connectivity index (χ4n) is 3.58. The predicted octanol–water partition coefficient (Wildman–Crippen LogP) is 3.80. The van der Waals surface area contributed by atoms with E-state index >= 15 is 0 Å². The van der Waals surface area contributed by atoms with Crippen LogP contribution in [0.3, 0.4) is 0 Å². The molecule has 1 amide bonds. The van der Waals surface area contributed by atoms with Gasteiger partial charge < -0.3 is 14.4 Å². The maximum Gasteiger partial charge on any atom is 0.233 e. The number of morpholine rings is 1. The fourth-order valence-corrected chi connectivity index (χ4v) is 5.40. The molecule has 1 aliphatic heterocycles. The Morgan fingerprint density at radius 1 is 1.30 bits per heavy atom. The topological polar surface area (TPSA) is 77.4 Å². The van der Waals surface area contributed by atoms with Gasteiger partial charge in [0.15, 0.2) is 0 Å². The Kier molecular flexibility index (Phi) is 6.21. The molecule has 30 heavy (non-hydrogen) atoms. The minimum absolute atomic E-state index is 0.0533. The smallest absolute Gasteiger partial charge is 0.233 e. The van der Waals surface area contributed by atoms with Crippen molar-refractivity contribution in [2.24, 2.45) is 0 Å². The largest absolute Gasteiger partial charge is 0.497 e. The predicted molar refractivity (Wildman–Crippen MR) is 119 cm³/mol. The van der Waals surface area contributed by atoms with Crippen molar-refractivity contribution >= 4 is 39.2 Å². The summed E-state index contributed by atoms with van der Waals surface area (Å²) in [7, 11) is 1.64. The van der Waals surface area contributed by atoms with Crippen LogP contribution in [0.1, 0.15) is 18.9 Å².